The first-order chi connectivity index (χ1) is 14.0. The van der Waals surface area contributed by atoms with Crippen LogP contribution < -0.4 is 4.74 Å². The minimum atomic E-state index is -0.218. The van der Waals surface area contributed by atoms with E-state index in [-0.39, 0.29) is 35.7 Å². The molecule has 1 aliphatic heterocycles. The fourth-order valence-electron chi connectivity index (χ4n) is 3.93. The van der Waals surface area contributed by atoms with Crippen molar-refractivity contribution in [3.63, 3.8) is 0 Å². The summed E-state index contributed by atoms with van der Waals surface area (Å²) in [6.45, 7) is 3.38. The Morgan fingerprint density at radius 3 is 2.34 bits per heavy atom. The molecule has 8 nitrogen and oxygen atoms in total. The van der Waals surface area contributed by atoms with Gasteiger partial charge in [-0.15, -0.1) is 0 Å². The Morgan fingerprint density at radius 2 is 1.69 bits per heavy atom. The van der Waals surface area contributed by atoms with Gasteiger partial charge in [-0.1, -0.05) is 0 Å². The number of likely N-dealkylation sites (tertiary alicyclic amines) is 1. The Labute approximate surface area is 171 Å². The second-order valence-corrected chi connectivity index (χ2v) is 8.48. The van der Waals surface area contributed by atoms with Gasteiger partial charge in [0.15, 0.2) is 0 Å². The summed E-state index contributed by atoms with van der Waals surface area (Å²) >= 11 is 0. The van der Waals surface area contributed by atoms with Gasteiger partial charge in [0.05, 0.1) is 12.2 Å². The van der Waals surface area contributed by atoms with E-state index in [0.717, 1.165) is 51.4 Å². The number of rotatable bonds is 5. The van der Waals surface area contributed by atoms with Crippen LogP contribution in [-0.4, -0.2) is 58.0 Å². The minimum Gasteiger partial charge on any atom is -0.472 e. The van der Waals surface area contributed by atoms with E-state index in [2.05, 4.69) is 9.97 Å². The summed E-state index contributed by atoms with van der Waals surface area (Å²) in [5.41, 5.74) is 0.0108. The van der Waals surface area contributed by atoms with Gasteiger partial charge in [-0.25, -0.2) is 14.8 Å². The summed E-state index contributed by atoms with van der Waals surface area (Å²) in [7, 11) is 0. The molecule has 0 bridgehead atoms. The van der Waals surface area contributed by atoms with Crippen LogP contribution >= 0.6 is 0 Å². The van der Waals surface area contributed by atoms with Gasteiger partial charge in [0.2, 0.25) is 5.69 Å². The number of nitriles is 1. The normalized spacial score (nSPS) is 26.4. The number of carbonyl (C=O) groups excluding carboxylic acids is 1. The average Bonchev–Trinajstić information content (AvgIpc) is 3.47. The molecule has 8 heteroatoms. The second kappa shape index (κ2) is 8.54. The van der Waals surface area contributed by atoms with Gasteiger partial charge in [0.1, 0.15) is 17.8 Å². The van der Waals surface area contributed by atoms with E-state index in [1.165, 1.54) is 12.4 Å². The van der Waals surface area contributed by atoms with Crippen LogP contribution in [0.1, 0.15) is 64.0 Å². The summed E-state index contributed by atoms with van der Waals surface area (Å²) in [6, 6.07) is 2.02. The van der Waals surface area contributed by atoms with Gasteiger partial charge in [-0.3, -0.25) is 0 Å². The zero-order valence-corrected chi connectivity index (χ0v) is 16.9. The van der Waals surface area contributed by atoms with E-state index in [1.807, 2.05) is 17.9 Å². The molecule has 2 saturated carbocycles. The number of piperidine rings is 1. The molecule has 2 heterocycles. The van der Waals surface area contributed by atoms with E-state index in [1.54, 1.807) is 0 Å². The zero-order valence-electron chi connectivity index (χ0n) is 16.9. The zero-order chi connectivity index (χ0) is 20.3. The highest BCUT2D eigenvalue weighted by Gasteiger charge is 2.43. The van der Waals surface area contributed by atoms with Crippen molar-refractivity contribution in [3.05, 3.63) is 18.1 Å². The van der Waals surface area contributed by atoms with E-state index < -0.39 is 0 Å². The van der Waals surface area contributed by atoms with Gasteiger partial charge >= 0.3 is 6.09 Å². The molecule has 0 unspecified atom stereocenters. The fraction of sp³-hybridized carbons (Fsp3) is 0.714. The number of ether oxygens (including phenoxy) is 3. The van der Waals surface area contributed by atoms with Gasteiger partial charge in [-0.05, 0) is 58.3 Å². The van der Waals surface area contributed by atoms with Crippen LogP contribution in [0.2, 0.25) is 0 Å². The van der Waals surface area contributed by atoms with Crippen molar-refractivity contribution in [3.8, 4) is 11.9 Å². The Hall–Kier alpha value is -2.40. The molecule has 3 fully saturated rings. The maximum absolute atomic E-state index is 12.2. The van der Waals surface area contributed by atoms with Crippen molar-refractivity contribution < 1.29 is 19.0 Å². The molecule has 3 aliphatic rings. The number of nitrogens with zero attached hydrogens (tertiary/aromatic N) is 4. The van der Waals surface area contributed by atoms with Crippen LogP contribution in [0.5, 0.6) is 5.88 Å². The topological polar surface area (TPSA) is 97.6 Å². The lowest BCUT2D eigenvalue weighted by atomic mass is 9.94. The van der Waals surface area contributed by atoms with E-state index >= 15 is 0 Å². The molecule has 0 radical (unpaired) electrons. The first-order valence-electron chi connectivity index (χ1n) is 10.6. The molecule has 4 rings (SSSR count). The molecular weight excluding hydrogens is 372 g/mol. The van der Waals surface area contributed by atoms with Crippen LogP contribution in [0.3, 0.4) is 0 Å². The SMILES string of the molecule is CC1(OC(=O)N2CCC(O[C@H]3CC[C@H](Oc4nccnc4C#N)CC3)CC2)CC1. The van der Waals surface area contributed by atoms with Gasteiger partial charge in [-0.2, -0.15) is 5.26 Å². The Bertz CT molecular complexity index is 760. The van der Waals surface area contributed by atoms with Crippen molar-refractivity contribution in [1.29, 1.82) is 5.26 Å². The highest BCUT2D eigenvalue weighted by Crippen LogP contribution is 2.39. The third-order valence-corrected chi connectivity index (χ3v) is 6.04. The van der Waals surface area contributed by atoms with Gasteiger partial charge < -0.3 is 19.1 Å². The smallest absolute Gasteiger partial charge is 0.410 e. The third kappa shape index (κ3) is 5.15. The lowest BCUT2D eigenvalue weighted by Gasteiger charge is -2.36. The molecule has 1 saturated heterocycles. The molecule has 0 atom stereocenters. The summed E-state index contributed by atoms with van der Waals surface area (Å²) in [5.74, 6) is 0.318. The van der Waals surface area contributed by atoms with Crippen molar-refractivity contribution >= 4 is 6.09 Å². The first kappa shape index (κ1) is 19.9. The molecule has 1 aromatic rings. The number of hydrogen-bond donors (Lipinski definition) is 0. The molecule has 1 aromatic heterocycles. The minimum absolute atomic E-state index is 0.0408. The molecular formula is C21H28N4O4. The summed E-state index contributed by atoms with van der Waals surface area (Å²) in [6.07, 6.45) is 10.6. The number of hydrogen-bond acceptors (Lipinski definition) is 7. The number of amides is 1. The first-order valence-corrected chi connectivity index (χ1v) is 10.6. The Kier molecular flexibility index (Phi) is 5.86. The van der Waals surface area contributed by atoms with Crippen LogP contribution in [0, 0.1) is 11.3 Å². The molecule has 1 amide bonds. The van der Waals surface area contributed by atoms with Crippen LogP contribution in [-0.2, 0) is 9.47 Å². The maximum Gasteiger partial charge on any atom is 0.410 e. The van der Waals surface area contributed by atoms with Crippen LogP contribution in [0.15, 0.2) is 12.4 Å². The Morgan fingerprint density at radius 1 is 1.07 bits per heavy atom. The molecule has 2 aliphatic carbocycles. The summed E-state index contributed by atoms with van der Waals surface area (Å²) in [5, 5.41) is 9.10. The van der Waals surface area contributed by atoms with E-state index in [4.69, 9.17) is 19.5 Å². The molecule has 156 valence electrons. The molecule has 0 N–H and O–H groups in total. The predicted molar refractivity (Wildman–Crippen MR) is 103 cm³/mol. The molecule has 29 heavy (non-hydrogen) atoms. The van der Waals surface area contributed by atoms with Crippen molar-refractivity contribution in [2.24, 2.45) is 0 Å². The third-order valence-electron chi connectivity index (χ3n) is 6.04. The van der Waals surface area contributed by atoms with Gasteiger partial charge in [0.25, 0.3) is 5.88 Å². The van der Waals surface area contributed by atoms with E-state index in [9.17, 15) is 4.79 Å². The largest absolute Gasteiger partial charge is 0.472 e. The number of aromatic nitrogens is 2. The van der Waals surface area contributed by atoms with Gasteiger partial charge in [0, 0.05) is 25.5 Å². The van der Waals surface area contributed by atoms with Crippen molar-refractivity contribution in [2.75, 3.05) is 13.1 Å². The monoisotopic (exact) mass is 400 g/mol. The molecule has 0 aromatic carbocycles. The highest BCUT2D eigenvalue weighted by atomic mass is 16.6. The lowest BCUT2D eigenvalue weighted by Crippen LogP contribution is -2.43. The number of carbonyl (C=O) groups is 1. The molecule has 0 spiro atoms. The summed E-state index contributed by atoms with van der Waals surface area (Å²) in [4.78, 5) is 22.1. The predicted octanol–water partition coefficient (Wildman–Crippen LogP) is 3.21. The maximum atomic E-state index is 12.2. The highest BCUT2D eigenvalue weighted by molar-refractivity contribution is 5.68. The lowest BCUT2D eigenvalue weighted by molar-refractivity contribution is -0.0665. The second-order valence-electron chi connectivity index (χ2n) is 8.48. The van der Waals surface area contributed by atoms with E-state index in [0.29, 0.717) is 19.0 Å². The fourth-order valence-corrected chi connectivity index (χ4v) is 3.93. The quantitative estimate of drug-likeness (QED) is 0.748. The average molecular weight is 400 g/mol. The van der Waals surface area contributed by atoms with Crippen molar-refractivity contribution in [2.45, 2.75) is 82.2 Å². The van der Waals surface area contributed by atoms with Crippen LogP contribution in [0.4, 0.5) is 4.79 Å². The Balaban J connectivity index is 1.17. The summed E-state index contributed by atoms with van der Waals surface area (Å²) < 4.78 is 17.7. The standard InChI is InChI=1S/C21H28N4O4/c1-21(8-9-21)29-20(26)25-12-6-17(7-13-25)27-15-2-4-16(5-3-15)28-19-18(14-22)23-10-11-24-19/h10-11,15-17H,2-9,12-13H2,1H3/t15-,16-. The van der Waals surface area contributed by atoms with Crippen LogP contribution in [0.25, 0.3) is 0 Å². The van der Waals surface area contributed by atoms with Crippen molar-refractivity contribution in [1.82, 2.24) is 14.9 Å².